The van der Waals surface area contributed by atoms with Crippen LogP contribution in [-0.2, 0) is 24.5 Å². The molecule has 1 fully saturated rings. The third-order valence-electron chi connectivity index (χ3n) is 12.4. The summed E-state index contributed by atoms with van der Waals surface area (Å²) in [5.41, 5.74) is 8.38. The summed E-state index contributed by atoms with van der Waals surface area (Å²) in [6, 6.07) is 21.6. The van der Waals surface area contributed by atoms with Crippen LogP contribution in [0.2, 0.25) is 0 Å². The molecule has 1 heterocycles. The molecular formula is C48H72N6O9S2. The lowest BCUT2D eigenvalue weighted by molar-refractivity contribution is -0.145. The van der Waals surface area contributed by atoms with Crippen molar-refractivity contribution in [2.45, 2.75) is 111 Å². The lowest BCUT2D eigenvalue weighted by Crippen LogP contribution is -2.62. The fraction of sp³-hybridized carbons (Fsp3) is 0.562. The van der Waals surface area contributed by atoms with Gasteiger partial charge in [-0.05, 0) is 69.3 Å². The van der Waals surface area contributed by atoms with Crippen molar-refractivity contribution in [3.05, 3.63) is 72.8 Å². The predicted octanol–water partition coefficient (Wildman–Crippen LogP) is 4.65. The van der Waals surface area contributed by atoms with Crippen LogP contribution >= 0.6 is 0 Å². The van der Waals surface area contributed by atoms with E-state index in [9.17, 15) is 42.1 Å². The molecule has 0 unspecified atom stereocenters. The second-order valence-electron chi connectivity index (χ2n) is 17.7. The molecule has 0 aromatic heterocycles. The average Bonchev–Trinajstić information content (AvgIpc) is 3.28. The van der Waals surface area contributed by atoms with Crippen LogP contribution < -0.4 is 20.7 Å². The number of sulfone groups is 2. The number of benzene rings is 4. The first-order valence-corrected chi connectivity index (χ1v) is 26.4. The van der Waals surface area contributed by atoms with Gasteiger partial charge < -0.3 is 30.2 Å². The summed E-state index contributed by atoms with van der Waals surface area (Å²) in [5, 5.41) is 44.9. The fourth-order valence-corrected chi connectivity index (χ4v) is 11.9. The highest BCUT2D eigenvalue weighted by atomic mass is 32.2. The molecule has 0 aliphatic carbocycles. The number of aliphatic hydroxyl groups excluding tert-OH is 4. The standard InChI is InChI=1S/C48H72N6O9S2/c1-51(2)40-24-16-22-38-36(40)20-18-26-44(38)64(60,61)32-14-7-5-11-29-49-54(46(57)28-10-9-13-31-53-34-43(56)48(59)47(58)42(53)35-55)50-30-12-6-8-15-33-65(62,63)45-27-19-21-37-39(45)23-17-25-41(37)52(3)4/h16-27,42-43,47-50,55-56,58-59H,5-15,28-35H2,1-4H3/t42-,43+,47-,48-/m1/s1. The number of nitrogens with one attached hydrogen (secondary N) is 2. The maximum absolute atomic E-state index is 13.5. The minimum absolute atomic E-state index is 0.0478. The van der Waals surface area contributed by atoms with E-state index in [1.54, 1.807) is 29.2 Å². The number of likely N-dealkylation sites (tertiary alicyclic amines) is 1. The van der Waals surface area contributed by atoms with Crippen LogP contribution in [0.1, 0.15) is 77.0 Å². The minimum Gasteiger partial charge on any atom is -0.395 e. The van der Waals surface area contributed by atoms with Gasteiger partial charge in [0, 0.05) is 87.2 Å². The molecule has 1 amide bonds. The van der Waals surface area contributed by atoms with Gasteiger partial charge >= 0.3 is 0 Å². The van der Waals surface area contributed by atoms with Crippen molar-refractivity contribution in [3.8, 4) is 0 Å². The van der Waals surface area contributed by atoms with Gasteiger partial charge in [0.2, 0.25) is 0 Å². The normalized spacial score (nSPS) is 18.3. The van der Waals surface area contributed by atoms with E-state index in [2.05, 4.69) is 10.9 Å². The number of rotatable bonds is 27. The zero-order valence-corrected chi connectivity index (χ0v) is 40.2. The average molecular weight is 941 g/mol. The van der Waals surface area contributed by atoms with Gasteiger partial charge in [0.25, 0.3) is 5.91 Å². The first-order chi connectivity index (χ1) is 31.1. The highest BCUT2D eigenvalue weighted by molar-refractivity contribution is 7.92. The zero-order chi connectivity index (χ0) is 47.1. The smallest absolute Gasteiger partial charge is 0.251 e. The van der Waals surface area contributed by atoms with Crippen LogP contribution in [0.15, 0.2) is 82.6 Å². The zero-order valence-electron chi connectivity index (χ0n) is 38.6. The molecule has 17 heteroatoms. The van der Waals surface area contributed by atoms with Gasteiger partial charge in [0.05, 0.1) is 40.0 Å². The van der Waals surface area contributed by atoms with E-state index in [1.165, 1.54) is 5.12 Å². The van der Waals surface area contributed by atoms with Crippen LogP contribution in [-0.4, -0.2) is 150 Å². The Morgan fingerprint density at radius 2 is 1.05 bits per heavy atom. The molecule has 5 rings (SSSR count). The number of hydrogen-bond donors (Lipinski definition) is 6. The highest BCUT2D eigenvalue weighted by Gasteiger charge is 2.40. The van der Waals surface area contributed by atoms with Gasteiger partial charge in [-0.25, -0.2) is 32.8 Å². The van der Waals surface area contributed by atoms with Gasteiger partial charge in [-0.3, -0.25) is 9.69 Å². The van der Waals surface area contributed by atoms with Crippen LogP contribution in [0, 0.1) is 0 Å². The monoisotopic (exact) mass is 940 g/mol. The number of anilines is 2. The van der Waals surface area contributed by atoms with Crippen LogP contribution in [0.3, 0.4) is 0 Å². The second-order valence-corrected chi connectivity index (χ2v) is 21.8. The molecule has 4 aromatic carbocycles. The molecule has 1 aliphatic heterocycles. The van der Waals surface area contributed by atoms with Gasteiger partial charge in [-0.1, -0.05) is 80.6 Å². The van der Waals surface area contributed by atoms with E-state index in [-0.39, 0.29) is 37.0 Å². The Labute approximate surface area is 386 Å². The predicted molar refractivity (Wildman–Crippen MR) is 259 cm³/mol. The highest BCUT2D eigenvalue weighted by Crippen LogP contribution is 2.32. The fourth-order valence-electron chi connectivity index (χ4n) is 8.74. The molecule has 6 N–H and O–H groups in total. The number of unbranched alkanes of at least 4 members (excludes halogenated alkanes) is 8. The Kier molecular flexibility index (Phi) is 19.8. The Bertz CT molecular complexity index is 2230. The Morgan fingerprint density at radius 1 is 0.600 bits per heavy atom. The van der Waals surface area contributed by atoms with E-state index in [4.69, 9.17) is 0 Å². The summed E-state index contributed by atoms with van der Waals surface area (Å²) in [6.45, 7) is 1.28. The van der Waals surface area contributed by atoms with Crippen molar-refractivity contribution in [1.29, 1.82) is 0 Å². The molecule has 0 saturated carbocycles. The quantitative estimate of drug-likeness (QED) is 0.0356. The number of amides is 1. The van der Waals surface area contributed by atoms with Crippen LogP contribution in [0.4, 0.5) is 11.4 Å². The first kappa shape index (κ1) is 52.1. The number of hydrazine groups is 2. The van der Waals surface area contributed by atoms with Gasteiger partial charge in [-0.2, -0.15) is 0 Å². The lowest BCUT2D eigenvalue weighted by Gasteiger charge is -2.43. The molecule has 15 nitrogen and oxygen atoms in total. The van der Waals surface area contributed by atoms with E-state index in [1.807, 2.05) is 86.5 Å². The molecule has 4 atom stereocenters. The molecule has 1 aliphatic rings. The molecule has 0 radical (unpaired) electrons. The number of β-amino-alcohol motifs (C(OH)–C–C–N with tert-alkyl or cyclic N) is 1. The van der Waals surface area contributed by atoms with E-state index in [0.717, 1.165) is 58.6 Å². The molecule has 4 aromatic rings. The Balaban J connectivity index is 1.07. The number of aliphatic hydroxyl groups is 4. The number of nitrogens with zero attached hydrogens (tertiary/aromatic N) is 4. The number of piperidine rings is 1. The number of carbonyl (C=O) groups excluding carboxylic acids is 1. The third-order valence-corrected chi connectivity index (χ3v) is 16.1. The van der Waals surface area contributed by atoms with Gasteiger partial charge in [0.15, 0.2) is 19.7 Å². The van der Waals surface area contributed by atoms with Crippen molar-refractivity contribution < 1.29 is 42.1 Å². The van der Waals surface area contributed by atoms with Crippen molar-refractivity contribution in [3.63, 3.8) is 0 Å². The van der Waals surface area contributed by atoms with Crippen molar-refractivity contribution in [2.75, 3.05) is 82.3 Å². The number of carbonyl (C=O) groups is 1. The van der Waals surface area contributed by atoms with Crippen molar-refractivity contribution in [1.82, 2.24) is 20.9 Å². The minimum atomic E-state index is -3.50. The van der Waals surface area contributed by atoms with E-state index < -0.39 is 44.0 Å². The summed E-state index contributed by atoms with van der Waals surface area (Å²) in [5.74, 6) is -0.0412. The summed E-state index contributed by atoms with van der Waals surface area (Å²) < 4.78 is 53.9. The summed E-state index contributed by atoms with van der Waals surface area (Å²) in [7, 11) is 0.747. The number of hydrogen-bond acceptors (Lipinski definition) is 14. The molecule has 0 bridgehead atoms. The SMILES string of the molecule is CN(C)c1cccc2c(S(=O)(=O)CCCCCCNN(NCCCCCCS(=O)(=O)c3cccc4c(N(C)C)cccc34)C(=O)CCCCCN3C[C@H](O)[C@@H](O)[C@H](O)[C@H]3CO)cccc12. The maximum Gasteiger partial charge on any atom is 0.251 e. The summed E-state index contributed by atoms with van der Waals surface area (Å²) >= 11 is 0. The van der Waals surface area contributed by atoms with E-state index in [0.29, 0.717) is 74.4 Å². The van der Waals surface area contributed by atoms with Crippen molar-refractivity contribution >= 4 is 58.5 Å². The van der Waals surface area contributed by atoms with Crippen molar-refractivity contribution in [2.24, 2.45) is 0 Å². The maximum atomic E-state index is 13.5. The molecule has 0 spiro atoms. The van der Waals surface area contributed by atoms with Crippen LogP contribution in [0.25, 0.3) is 21.5 Å². The summed E-state index contributed by atoms with van der Waals surface area (Å²) in [6.07, 6.45) is 3.99. The second kappa shape index (κ2) is 24.7. The molecule has 1 saturated heterocycles. The van der Waals surface area contributed by atoms with E-state index >= 15 is 0 Å². The van der Waals surface area contributed by atoms with Gasteiger partial charge in [0.1, 0.15) is 12.2 Å². The van der Waals surface area contributed by atoms with Crippen LogP contribution in [0.5, 0.6) is 0 Å². The topological polar surface area (TPSA) is 203 Å². The van der Waals surface area contributed by atoms with Gasteiger partial charge in [-0.15, -0.1) is 0 Å². The largest absolute Gasteiger partial charge is 0.395 e. The number of fused-ring (bicyclic) bond motifs is 2. The summed E-state index contributed by atoms with van der Waals surface area (Å²) in [4.78, 5) is 19.9. The molecular weight excluding hydrogens is 869 g/mol. The molecule has 65 heavy (non-hydrogen) atoms. The molecule has 360 valence electrons. The Morgan fingerprint density at radius 3 is 1.52 bits per heavy atom. The Hall–Kier alpha value is -3.91. The lowest BCUT2D eigenvalue weighted by atomic mass is 9.94. The first-order valence-electron chi connectivity index (χ1n) is 23.1. The third kappa shape index (κ3) is 14.1.